The lowest BCUT2D eigenvalue weighted by Gasteiger charge is -2.09. The third kappa shape index (κ3) is 2.82. The second-order valence-corrected chi connectivity index (χ2v) is 4.69. The molecule has 0 unspecified atom stereocenters. The fourth-order valence-corrected chi connectivity index (χ4v) is 2.18. The summed E-state index contributed by atoms with van der Waals surface area (Å²) in [5.41, 5.74) is 1.41. The molecular weight excluding hydrogens is 302 g/mol. The Balaban J connectivity index is 2.18. The first-order chi connectivity index (χ1) is 11.1. The van der Waals surface area contributed by atoms with Crippen LogP contribution >= 0.6 is 0 Å². The molecule has 0 aliphatic carbocycles. The zero-order valence-corrected chi connectivity index (χ0v) is 11.7. The molecular formula is C15H11N3O5. The predicted molar refractivity (Wildman–Crippen MR) is 80.9 cm³/mol. The second kappa shape index (κ2) is 5.76. The van der Waals surface area contributed by atoms with Gasteiger partial charge in [-0.25, -0.2) is 9.78 Å². The largest absolute Gasteiger partial charge is 0.479 e. The van der Waals surface area contributed by atoms with Gasteiger partial charge in [-0.1, -0.05) is 30.3 Å². The molecule has 23 heavy (non-hydrogen) atoms. The number of nitro groups is 1. The number of fused-ring (bicyclic) bond motifs is 1. The molecule has 0 amide bonds. The van der Waals surface area contributed by atoms with Crippen LogP contribution < -0.4 is 4.84 Å². The van der Waals surface area contributed by atoms with Crippen LogP contribution in [0.3, 0.4) is 0 Å². The number of non-ortho nitro benzene ring substituents is 1. The number of aliphatic carboxylic acids is 1. The Hall–Kier alpha value is -3.42. The molecule has 1 N–H and O–H groups in total. The molecule has 116 valence electrons. The van der Waals surface area contributed by atoms with E-state index in [1.807, 2.05) is 6.07 Å². The molecule has 8 heteroatoms. The van der Waals surface area contributed by atoms with Crippen LogP contribution in [-0.4, -0.2) is 32.3 Å². The van der Waals surface area contributed by atoms with Gasteiger partial charge in [0.1, 0.15) is 5.52 Å². The van der Waals surface area contributed by atoms with E-state index in [0.29, 0.717) is 22.4 Å². The van der Waals surface area contributed by atoms with Gasteiger partial charge in [0.15, 0.2) is 5.82 Å². The van der Waals surface area contributed by atoms with Crippen molar-refractivity contribution in [2.24, 2.45) is 0 Å². The fraction of sp³-hybridized carbons (Fsp3) is 0.0667. The molecule has 0 aliphatic rings. The van der Waals surface area contributed by atoms with Gasteiger partial charge in [-0.15, -0.1) is 0 Å². The Morgan fingerprint density at radius 2 is 2.00 bits per heavy atom. The molecule has 2 aromatic carbocycles. The quantitative estimate of drug-likeness (QED) is 0.571. The minimum absolute atomic E-state index is 0.0972. The number of carboxylic acid groups (broad SMARTS) is 1. The maximum absolute atomic E-state index is 10.9. The Bertz CT molecular complexity index is 889. The minimum Gasteiger partial charge on any atom is -0.479 e. The molecule has 0 fully saturated rings. The van der Waals surface area contributed by atoms with Crippen LogP contribution in [-0.2, 0) is 4.79 Å². The normalized spacial score (nSPS) is 10.6. The van der Waals surface area contributed by atoms with Crippen molar-refractivity contribution in [3.63, 3.8) is 0 Å². The van der Waals surface area contributed by atoms with Gasteiger partial charge in [0.2, 0.25) is 6.61 Å². The molecule has 0 radical (unpaired) electrons. The average molecular weight is 313 g/mol. The summed E-state index contributed by atoms with van der Waals surface area (Å²) < 4.78 is 1.28. The first kappa shape index (κ1) is 14.5. The number of aromatic nitrogens is 2. The molecule has 0 atom stereocenters. The summed E-state index contributed by atoms with van der Waals surface area (Å²) in [6, 6.07) is 13.1. The lowest BCUT2D eigenvalue weighted by molar-refractivity contribution is -0.384. The van der Waals surface area contributed by atoms with E-state index in [4.69, 9.17) is 9.94 Å². The summed E-state index contributed by atoms with van der Waals surface area (Å²) in [6.07, 6.45) is 0. The first-order valence-electron chi connectivity index (χ1n) is 6.63. The molecule has 3 aromatic rings. The zero-order valence-electron chi connectivity index (χ0n) is 11.7. The first-order valence-corrected chi connectivity index (χ1v) is 6.63. The van der Waals surface area contributed by atoms with Crippen molar-refractivity contribution in [1.29, 1.82) is 0 Å². The van der Waals surface area contributed by atoms with Crippen LogP contribution in [0, 0.1) is 10.1 Å². The van der Waals surface area contributed by atoms with Gasteiger partial charge in [0.05, 0.1) is 10.4 Å². The van der Waals surface area contributed by atoms with Crippen LogP contribution in [0.1, 0.15) is 0 Å². The molecule has 0 saturated heterocycles. The van der Waals surface area contributed by atoms with Crippen molar-refractivity contribution < 1.29 is 19.7 Å². The number of nitro benzene ring substituents is 1. The van der Waals surface area contributed by atoms with Gasteiger partial charge in [0, 0.05) is 17.7 Å². The molecule has 0 spiro atoms. The lowest BCUT2D eigenvalue weighted by atomic mass is 10.2. The highest BCUT2D eigenvalue weighted by Crippen LogP contribution is 2.26. The third-order valence-corrected chi connectivity index (χ3v) is 3.16. The van der Waals surface area contributed by atoms with Crippen molar-refractivity contribution >= 4 is 22.7 Å². The van der Waals surface area contributed by atoms with Gasteiger partial charge in [-0.05, 0) is 6.07 Å². The monoisotopic (exact) mass is 313 g/mol. The number of hydrogen-bond acceptors (Lipinski definition) is 5. The van der Waals surface area contributed by atoms with E-state index in [1.165, 1.54) is 22.9 Å². The summed E-state index contributed by atoms with van der Waals surface area (Å²) in [4.78, 5) is 30.8. The van der Waals surface area contributed by atoms with E-state index in [2.05, 4.69) is 4.98 Å². The summed E-state index contributed by atoms with van der Waals surface area (Å²) >= 11 is 0. The molecule has 0 saturated carbocycles. The molecule has 0 bridgehead atoms. The molecule has 0 aliphatic heterocycles. The Morgan fingerprint density at radius 3 is 2.65 bits per heavy atom. The maximum atomic E-state index is 10.9. The number of benzene rings is 2. The van der Waals surface area contributed by atoms with E-state index in [-0.39, 0.29) is 5.69 Å². The van der Waals surface area contributed by atoms with Crippen molar-refractivity contribution in [1.82, 2.24) is 9.71 Å². The van der Waals surface area contributed by atoms with Gasteiger partial charge >= 0.3 is 5.97 Å². The zero-order chi connectivity index (χ0) is 16.4. The minimum atomic E-state index is -1.13. The van der Waals surface area contributed by atoms with E-state index in [0.717, 1.165) is 0 Å². The van der Waals surface area contributed by atoms with Gasteiger partial charge in [-0.2, -0.15) is 4.73 Å². The molecule has 1 heterocycles. The van der Waals surface area contributed by atoms with E-state index in [9.17, 15) is 14.9 Å². The van der Waals surface area contributed by atoms with Gasteiger partial charge in [0.25, 0.3) is 5.69 Å². The number of rotatable bonds is 5. The number of carboxylic acids is 1. The highest BCUT2D eigenvalue weighted by Gasteiger charge is 2.17. The number of imidazole rings is 1. The van der Waals surface area contributed by atoms with Crippen LogP contribution in [0.25, 0.3) is 22.4 Å². The van der Waals surface area contributed by atoms with Crippen molar-refractivity contribution in [2.75, 3.05) is 6.61 Å². The second-order valence-electron chi connectivity index (χ2n) is 4.69. The van der Waals surface area contributed by atoms with E-state index >= 15 is 0 Å². The topological polar surface area (TPSA) is 107 Å². The number of hydrogen-bond donors (Lipinski definition) is 1. The third-order valence-electron chi connectivity index (χ3n) is 3.16. The molecule has 1 aromatic heterocycles. The van der Waals surface area contributed by atoms with Crippen LogP contribution in [0.15, 0.2) is 48.5 Å². The number of nitrogens with zero attached hydrogens (tertiary/aromatic N) is 3. The molecule has 3 rings (SSSR count). The average Bonchev–Trinajstić information content (AvgIpc) is 2.91. The predicted octanol–water partition coefficient (Wildman–Crippen LogP) is 2.12. The SMILES string of the molecule is O=C(O)COn1c(-c2ccccc2)nc2cc([N+](=O)[O-])ccc21. The fourth-order valence-electron chi connectivity index (χ4n) is 2.18. The summed E-state index contributed by atoms with van der Waals surface area (Å²) in [6.45, 7) is -0.553. The van der Waals surface area contributed by atoms with Gasteiger partial charge < -0.3 is 9.94 Å². The Kier molecular flexibility index (Phi) is 3.63. The van der Waals surface area contributed by atoms with Crippen molar-refractivity contribution in [3.05, 3.63) is 58.6 Å². The summed E-state index contributed by atoms with van der Waals surface area (Å²) in [5, 5.41) is 19.7. The summed E-state index contributed by atoms with van der Waals surface area (Å²) in [7, 11) is 0. The van der Waals surface area contributed by atoms with Crippen LogP contribution in [0.4, 0.5) is 5.69 Å². The Morgan fingerprint density at radius 1 is 1.26 bits per heavy atom. The van der Waals surface area contributed by atoms with Crippen LogP contribution in [0.2, 0.25) is 0 Å². The Labute approximate surface area is 129 Å². The highest BCUT2D eigenvalue weighted by atomic mass is 16.7. The van der Waals surface area contributed by atoms with E-state index in [1.54, 1.807) is 24.3 Å². The standard InChI is InChI=1S/C15H11N3O5/c19-14(20)9-23-17-13-7-6-11(18(21)22)8-12(13)16-15(17)10-4-2-1-3-5-10/h1-8H,9H2,(H,19,20). The summed E-state index contributed by atoms with van der Waals surface area (Å²) in [5.74, 6) is -0.755. The van der Waals surface area contributed by atoms with Gasteiger partial charge in [-0.3, -0.25) is 10.1 Å². The lowest BCUT2D eigenvalue weighted by Crippen LogP contribution is -2.20. The smallest absolute Gasteiger partial charge is 0.344 e. The highest BCUT2D eigenvalue weighted by molar-refractivity contribution is 5.82. The van der Waals surface area contributed by atoms with Crippen LogP contribution in [0.5, 0.6) is 0 Å². The van der Waals surface area contributed by atoms with Crippen molar-refractivity contribution in [3.8, 4) is 11.4 Å². The molecule has 8 nitrogen and oxygen atoms in total. The van der Waals surface area contributed by atoms with Crippen molar-refractivity contribution in [2.45, 2.75) is 0 Å². The number of carbonyl (C=O) groups is 1. The maximum Gasteiger partial charge on any atom is 0.344 e. The van der Waals surface area contributed by atoms with E-state index < -0.39 is 17.5 Å².